The molecular formula is C30H35ClF2N6O4. The molecule has 10 nitrogen and oxygen atoms in total. The van der Waals surface area contributed by atoms with Gasteiger partial charge in [0.25, 0.3) is 0 Å². The van der Waals surface area contributed by atoms with Crippen LogP contribution in [0.4, 0.5) is 25.1 Å². The molecule has 0 radical (unpaired) electrons. The summed E-state index contributed by atoms with van der Waals surface area (Å²) in [5.74, 6) is -0.973. The molecule has 0 spiro atoms. The Kier molecular flexibility index (Phi) is 9.90. The fourth-order valence-electron chi connectivity index (χ4n) is 4.59. The summed E-state index contributed by atoms with van der Waals surface area (Å²) in [4.78, 5) is 45.1. The topological polar surface area (TPSA) is 118 Å². The normalized spacial score (nSPS) is 13.6. The molecule has 4 rings (SSSR count). The second kappa shape index (κ2) is 13.4. The second-order valence-corrected chi connectivity index (χ2v) is 11.6. The first-order valence-electron chi connectivity index (χ1n) is 14.0. The standard InChI is InChI=1S/C30H35ClF2N6O4/c1-5-11-34-25(40)16-23(36-29(42)43-30(2,3)4)28(41)38-12-13-39-24(17-38)37-26(18-7-6-8-19(32)14-18)27(39)35-20-9-10-21(31)22(33)15-20/h6-10,14-15,23,35H,5,11-13,16-17H2,1-4H3,(H,34,40)(H,36,42)/t23-/m0/s1. The molecule has 1 aliphatic heterocycles. The lowest BCUT2D eigenvalue weighted by Crippen LogP contribution is -2.53. The SMILES string of the molecule is CCCNC(=O)C[C@H](NC(=O)OC(C)(C)C)C(=O)N1CCn2c(nc(-c3cccc(F)c3)c2Nc2ccc(Cl)c(F)c2)C1. The van der Waals surface area contributed by atoms with Crippen molar-refractivity contribution in [3.05, 3.63) is 64.9 Å². The Morgan fingerprint density at radius 3 is 2.56 bits per heavy atom. The number of carbonyl (C=O) groups excluding carboxylic acids is 3. The summed E-state index contributed by atoms with van der Waals surface area (Å²) in [5, 5.41) is 8.43. The minimum absolute atomic E-state index is 0.0294. The molecule has 1 aliphatic rings. The number of alkyl carbamates (subject to hydrolysis) is 1. The third-order valence-electron chi connectivity index (χ3n) is 6.52. The predicted molar refractivity (Wildman–Crippen MR) is 159 cm³/mol. The number of nitrogens with one attached hydrogen (secondary N) is 3. The highest BCUT2D eigenvalue weighted by atomic mass is 35.5. The number of benzene rings is 2. The number of amides is 3. The summed E-state index contributed by atoms with van der Waals surface area (Å²) in [7, 11) is 0. The van der Waals surface area contributed by atoms with E-state index in [1.54, 1.807) is 39.0 Å². The fraction of sp³-hybridized carbons (Fsp3) is 0.400. The van der Waals surface area contributed by atoms with E-state index in [1.807, 2.05) is 11.5 Å². The Bertz CT molecular complexity index is 1510. The Hall–Kier alpha value is -4.19. The summed E-state index contributed by atoms with van der Waals surface area (Å²) in [6, 6.07) is 9.00. The largest absolute Gasteiger partial charge is 0.444 e. The number of anilines is 2. The second-order valence-electron chi connectivity index (χ2n) is 11.2. The van der Waals surface area contributed by atoms with Crippen molar-refractivity contribution in [1.82, 2.24) is 25.1 Å². The number of hydrogen-bond donors (Lipinski definition) is 3. The van der Waals surface area contributed by atoms with Gasteiger partial charge in [0, 0.05) is 30.9 Å². The smallest absolute Gasteiger partial charge is 0.408 e. The van der Waals surface area contributed by atoms with Crippen molar-refractivity contribution in [2.24, 2.45) is 0 Å². The van der Waals surface area contributed by atoms with Crippen LogP contribution in [0, 0.1) is 11.6 Å². The van der Waals surface area contributed by atoms with Crippen molar-refractivity contribution in [3.63, 3.8) is 0 Å². The van der Waals surface area contributed by atoms with Crippen LogP contribution in [-0.4, -0.2) is 57.1 Å². The number of imidazole rings is 1. The summed E-state index contributed by atoms with van der Waals surface area (Å²) >= 11 is 5.85. The van der Waals surface area contributed by atoms with E-state index < -0.39 is 35.3 Å². The van der Waals surface area contributed by atoms with Gasteiger partial charge in [-0.2, -0.15) is 0 Å². The number of nitrogens with zero attached hydrogens (tertiary/aromatic N) is 3. The third kappa shape index (κ3) is 8.22. The minimum atomic E-state index is -1.18. The van der Waals surface area contributed by atoms with E-state index in [0.29, 0.717) is 41.6 Å². The number of fused-ring (bicyclic) bond motifs is 1. The predicted octanol–water partition coefficient (Wildman–Crippen LogP) is 5.38. The van der Waals surface area contributed by atoms with Gasteiger partial charge < -0.3 is 30.2 Å². The Morgan fingerprint density at radius 2 is 1.88 bits per heavy atom. The maximum Gasteiger partial charge on any atom is 0.408 e. The van der Waals surface area contributed by atoms with Crippen LogP contribution < -0.4 is 16.0 Å². The van der Waals surface area contributed by atoms with Crippen LogP contribution >= 0.6 is 11.6 Å². The van der Waals surface area contributed by atoms with Gasteiger partial charge in [0.2, 0.25) is 11.8 Å². The van der Waals surface area contributed by atoms with E-state index in [-0.39, 0.29) is 37.0 Å². The molecule has 13 heteroatoms. The van der Waals surface area contributed by atoms with E-state index in [9.17, 15) is 23.2 Å². The zero-order valence-electron chi connectivity index (χ0n) is 24.5. The number of hydrogen-bond acceptors (Lipinski definition) is 6. The molecular weight excluding hydrogens is 582 g/mol. The highest BCUT2D eigenvalue weighted by Crippen LogP contribution is 2.34. The monoisotopic (exact) mass is 616 g/mol. The molecule has 0 saturated heterocycles. The number of rotatable bonds is 9. The zero-order chi connectivity index (χ0) is 31.3. The lowest BCUT2D eigenvalue weighted by molar-refractivity contribution is -0.137. The van der Waals surface area contributed by atoms with Crippen LogP contribution in [0.25, 0.3) is 11.3 Å². The van der Waals surface area contributed by atoms with Gasteiger partial charge in [0.1, 0.15) is 40.6 Å². The Morgan fingerprint density at radius 1 is 1.12 bits per heavy atom. The first kappa shape index (κ1) is 31.7. The van der Waals surface area contributed by atoms with E-state index in [0.717, 1.165) is 0 Å². The molecule has 0 fully saturated rings. The molecule has 0 saturated carbocycles. The molecule has 43 heavy (non-hydrogen) atoms. The molecule has 3 amide bonds. The van der Waals surface area contributed by atoms with E-state index in [1.165, 1.54) is 29.2 Å². The molecule has 2 heterocycles. The number of carbonyl (C=O) groups is 3. The average molecular weight is 617 g/mol. The average Bonchev–Trinajstić information content (AvgIpc) is 3.29. The number of aromatic nitrogens is 2. The van der Waals surface area contributed by atoms with Crippen molar-refractivity contribution >= 4 is 41.0 Å². The fourth-order valence-corrected chi connectivity index (χ4v) is 4.70. The molecule has 3 N–H and O–H groups in total. The summed E-state index contributed by atoms with van der Waals surface area (Å²) in [6.07, 6.45) is -0.375. The summed E-state index contributed by atoms with van der Waals surface area (Å²) in [6.45, 7) is 7.97. The summed E-state index contributed by atoms with van der Waals surface area (Å²) < 4.78 is 35.6. The highest BCUT2D eigenvalue weighted by Gasteiger charge is 2.33. The first-order valence-corrected chi connectivity index (χ1v) is 14.3. The van der Waals surface area contributed by atoms with Gasteiger partial charge in [0.15, 0.2) is 0 Å². The van der Waals surface area contributed by atoms with Gasteiger partial charge in [-0.25, -0.2) is 18.6 Å². The molecule has 0 aliphatic carbocycles. The zero-order valence-corrected chi connectivity index (χ0v) is 25.2. The first-order chi connectivity index (χ1) is 20.3. The van der Waals surface area contributed by atoms with Gasteiger partial charge in [-0.05, 0) is 57.5 Å². The highest BCUT2D eigenvalue weighted by molar-refractivity contribution is 6.30. The number of ether oxygens (including phenoxy) is 1. The van der Waals surface area contributed by atoms with Crippen molar-refractivity contribution in [1.29, 1.82) is 0 Å². The van der Waals surface area contributed by atoms with Crippen molar-refractivity contribution in [2.45, 2.75) is 65.3 Å². The molecule has 3 aromatic rings. The van der Waals surface area contributed by atoms with Gasteiger partial charge >= 0.3 is 6.09 Å². The lowest BCUT2D eigenvalue weighted by Gasteiger charge is -2.32. The molecule has 1 atom stereocenters. The van der Waals surface area contributed by atoms with Crippen LogP contribution in [0.15, 0.2) is 42.5 Å². The van der Waals surface area contributed by atoms with Crippen LogP contribution in [0.3, 0.4) is 0 Å². The molecule has 1 aromatic heterocycles. The molecule has 2 aromatic carbocycles. The lowest BCUT2D eigenvalue weighted by atomic mass is 10.1. The van der Waals surface area contributed by atoms with Crippen LogP contribution in [0.2, 0.25) is 5.02 Å². The third-order valence-corrected chi connectivity index (χ3v) is 6.82. The Balaban J connectivity index is 1.63. The Labute approximate surface area is 253 Å². The quantitative estimate of drug-likeness (QED) is 0.297. The van der Waals surface area contributed by atoms with E-state index in [4.69, 9.17) is 21.3 Å². The van der Waals surface area contributed by atoms with E-state index in [2.05, 4.69) is 16.0 Å². The van der Waals surface area contributed by atoms with Crippen molar-refractivity contribution in [2.75, 3.05) is 18.4 Å². The summed E-state index contributed by atoms with van der Waals surface area (Å²) in [5.41, 5.74) is 0.484. The molecule has 0 bridgehead atoms. The minimum Gasteiger partial charge on any atom is -0.444 e. The maximum absolute atomic E-state index is 14.2. The van der Waals surface area contributed by atoms with Gasteiger partial charge in [-0.1, -0.05) is 30.7 Å². The van der Waals surface area contributed by atoms with Crippen LogP contribution in [-0.2, 0) is 27.4 Å². The van der Waals surface area contributed by atoms with Gasteiger partial charge in [0.05, 0.1) is 18.0 Å². The molecule has 230 valence electrons. The van der Waals surface area contributed by atoms with Crippen LogP contribution in [0.1, 0.15) is 46.4 Å². The van der Waals surface area contributed by atoms with E-state index >= 15 is 0 Å². The maximum atomic E-state index is 14.2. The number of halogens is 3. The van der Waals surface area contributed by atoms with Crippen molar-refractivity contribution in [3.8, 4) is 11.3 Å². The van der Waals surface area contributed by atoms with Gasteiger partial charge in [-0.15, -0.1) is 0 Å². The molecule has 0 unspecified atom stereocenters. The van der Waals surface area contributed by atoms with Crippen molar-refractivity contribution < 1.29 is 27.9 Å². The van der Waals surface area contributed by atoms with Gasteiger partial charge in [-0.3, -0.25) is 9.59 Å². The van der Waals surface area contributed by atoms with Crippen LogP contribution in [0.5, 0.6) is 0 Å².